The molecule has 0 fully saturated rings. The summed E-state index contributed by atoms with van der Waals surface area (Å²) in [5, 5.41) is 3.34. The second-order valence-electron chi connectivity index (χ2n) is 4.91. The standard InChI is InChI=1S/C16H14BrNO3/c1-4-16(3,5-2)18-14(19)12-9-10-8-11(17)6-7-13(10)21-15(12)20/h1,6-9H,5H2,2-3H3,(H,18,19)/t16-/m1/s1. The molecular weight excluding hydrogens is 334 g/mol. The molecule has 0 saturated heterocycles. The number of carbonyl (C=O) groups excluding carboxylic acids is 1. The molecule has 4 nitrogen and oxygen atoms in total. The number of terminal acetylenes is 1. The first-order valence-electron chi connectivity index (χ1n) is 6.42. The van der Waals surface area contributed by atoms with Gasteiger partial charge in [0.25, 0.3) is 5.91 Å². The highest BCUT2D eigenvalue weighted by Crippen LogP contribution is 2.19. The molecule has 0 unspecified atom stereocenters. The Morgan fingerprint density at radius 2 is 2.19 bits per heavy atom. The van der Waals surface area contributed by atoms with Gasteiger partial charge in [-0.05, 0) is 37.6 Å². The maximum Gasteiger partial charge on any atom is 0.349 e. The summed E-state index contributed by atoms with van der Waals surface area (Å²) in [7, 11) is 0. The van der Waals surface area contributed by atoms with Gasteiger partial charge in [-0.1, -0.05) is 28.8 Å². The number of carbonyl (C=O) groups is 1. The zero-order chi connectivity index (χ0) is 15.6. The molecule has 0 aliphatic carbocycles. The van der Waals surface area contributed by atoms with Gasteiger partial charge in [0.15, 0.2) is 0 Å². The first-order chi connectivity index (χ1) is 9.88. The predicted molar refractivity (Wildman–Crippen MR) is 85.2 cm³/mol. The van der Waals surface area contributed by atoms with Crippen molar-refractivity contribution in [1.29, 1.82) is 0 Å². The maximum atomic E-state index is 12.2. The van der Waals surface area contributed by atoms with Crippen molar-refractivity contribution in [1.82, 2.24) is 5.32 Å². The van der Waals surface area contributed by atoms with Crippen LogP contribution in [0.3, 0.4) is 0 Å². The fourth-order valence-corrected chi connectivity index (χ4v) is 2.18. The molecule has 1 aromatic heterocycles. The van der Waals surface area contributed by atoms with E-state index in [2.05, 4.69) is 27.2 Å². The Hall–Kier alpha value is -2.06. The normalized spacial score (nSPS) is 13.4. The van der Waals surface area contributed by atoms with Gasteiger partial charge in [0.2, 0.25) is 0 Å². The van der Waals surface area contributed by atoms with E-state index in [1.54, 1.807) is 25.1 Å². The smallest absolute Gasteiger partial charge is 0.349 e. The summed E-state index contributed by atoms with van der Waals surface area (Å²) < 4.78 is 5.99. The third-order valence-electron chi connectivity index (χ3n) is 3.35. The molecule has 1 N–H and O–H groups in total. The lowest BCUT2D eigenvalue weighted by molar-refractivity contribution is 0.0920. The van der Waals surface area contributed by atoms with E-state index in [4.69, 9.17) is 10.8 Å². The van der Waals surface area contributed by atoms with Crippen LogP contribution in [-0.4, -0.2) is 11.4 Å². The number of hydrogen-bond donors (Lipinski definition) is 1. The van der Waals surface area contributed by atoms with Gasteiger partial charge in [-0.15, -0.1) is 6.42 Å². The van der Waals surface area contributed by atoms with Crippen LogP contribution < -0.4 is 10.9 Å². The van der Waals surface area contributed by atoms with Crippen molar-refractivity contribution in [2.45, 2.75) is 25.8 Å². The molecule has 1 amide bonds. The predicted octanol–water partition coefficient (Wildman–Crippen LogP) is 3.09. The highest BCUT2D eigenvalue weighted by molar-refractivity contribution is 9.10. The molecule has 0 aliphatic rings. The highest BCUT2D eigenvalue weighted by atomic mass is 79.9. The number of fused-ring (bicyclic) bond motifs is 1. The van der Waals surface area contributed by atoms with E-state index in [1.165, 1.54) is 6.07 Å². The summed E-state index contributed by atoms with van der Waals surface area (Å²) >= 11 is 3.34. The summed E-state index contributed by atoms with van der Waals surface area (Å²) in [6.07, 6.45) is 5.98. The molecule has 108 valence electrons. The average molecular weight is 348 g/mol. The van der Waals surface area contributed by atoms with Crippen molar-refractivity contribution >= 4 is 32.8 Å². The van der Waals surface area contributed by atoms with E-state index in [9.17, 15) is 9.59 Å². The van der Waals surface area contributed by atoms with Crippen molar-refractivity contribution in [2.75, 3.05) is 0 Å². The van der Waals surface area contributed by atoms with Crippen LogP contribution in [0.5, 0.6) is 0 Å². The van der Waals surface area contributed by atoms with Crippen molar-refractivity contribution in [3.63, 3.8) is 0 Å². The fourth-order valence-electron chi connectivity index (χ4n) is 1.80. The molecule has 0 saturated carbocycles. The number of halogens is 1. The van der Waals surface area contributed by atoms with E-state index in [1.807, 2.05) is 6.92 Å². The van der Waals surface area contributed by atoms with Crippen LogP contribution in [0.4, 0.5) is 0 Å². The second kappa shape index (κ2) is 5.74. The average Bonchev–Trinajstić information content (AvgIpc) is 2.46. The lowest BCUT2D eigenvalue weighted by Crippen LogP contribution is -2.45. The first kappa shape index (κ1) is 15.3. The zero-order valence-corrected chi connectivity index (χ0v) is 13.3. The molecule has 1 aromatic carbocycles. The molecule has 0 aliphatic heterocycles. The number of benzene rings is 1. The summed E-state index contributed by atoms with van der Waals surface area (Å²) in [6.45, 7) is 3.59. The third-order valence-corrected chi connectivity index (χ3v) is 3.85. The van der Waals surface area contributed by atoms with E-state index in [0.29, 0.717) is 17.4 Å². The van der Waals surface area contributed by atoms with Crippen LogP contribution in [0.15, 0.2) is 37.9 Å². The molecule has 2 rings (SSSR count). The Kier molecular flexibility index (Phi) is 4.19. The van der Waals surface area contributed by atoms with Gasteiger partial charge in [0.05, 0.1) is 5.54 Å². The summed E-state index contributed by atoms with van der Waals surface area (Å²) in [5.41, 5.74) is -1.11. The van der Waals surface area contributed by atoms with E-state index in [-0.39, 0.29) is 5.56 Å². The Labute approximate surface area is 130 Å². The van der Waals surface area contributed by atoms with Crippen LogP contribution in [0, 0.1) is 12.3 Å². The summed E-state index contributed by atoms with van der Waals surface area (Å²) in [5.74, 6) is 1.99. The second-order valence-corrected chi connectivity index (χ2v) is 5.83. The lowest BCUT2D eigenvalue weighted by Gasteiger charge is -2.23. The molecule has 1 heterocycles. The van der Waals surface area contributed by atoms with E-state index in [0.717, 1.165) is 4.47 Å². The highest BCUT2D eigenvalue weighted by Gasteiger charge is 2.24. The largest absolute Gasteiger partial charge is 0.422 e. The quantitative estimate of drug-likeness (QED) is 0.685. The van der Waals surface area contributed by atoms with Gasteiger partial charge in [-0.2, -0.15) is 0 Å². The molecule has 1 atom stereocenters. The molecule has 21 heavy (non-hydrogen) atoms. The van der Waals surface area contributed by atoms with Crippen molar-refractivity contribution in [3.8, 4) is 12.3 Å². The van der Waals surface area contributed by atoms with Crippen molar-refractivity contribution < 1.29 is 9.21 Å². The van der Waals surface area contributed by atoms with Crippen LogP contribution >= 0.6 is 15.9 Å². The minimum Gasteiger partial charge on any atom is -0.422 e. The van der Waals surface area contributed by atoms with Gasteiger partial charge >= 0.3 is 5.63 Å². The third kappa shape index (κ3) is 3.17. The number of hydrogen-bond acceptors (Lipinski definition) is 3. The Balaban J connectivity index is 2.47. The van der Waals surface area contributed by atoms with Gasteiger partial charge < -0.3 is 9.73 Å². The monoisotopic (exact) mass is 347 g/mol. The van der Waals surface area contributed by atoms with Crippen LogP contribution in [0.1, 0.15) is 30.6 Å². The minimum atomic E-state index is -0.796. The van der Waals surface area contributed by atoms with Gasteiger partial charge in [0.1, 0.15) is 11.1 Å². The molecule has 5 heteroatoms. The number of rotatable bonds is 3. The van der Waals surface area contributed by atoms with Crippen molar-refractivity contribution in [3.05, 3.63) is 44.7 Å². The van der Waals surface area contributed by atoms with Gasteiger partial charge in [-0.25, -0.2) is 4.79 Å². The van der Waals surface area contributed by atoms with Crippen LogP contribution in [0.25, 0.3) is 11.0 Å². The first-order valence-corrected chi connectivity index (χ1v) is 7.21. The topological polar surface area (TPSA) is 59.3 Å². The fraction of sp³-hybridized carbons (Fsp3) is 0.250. The molecule has 2 aromatic rings. The Bertz CT molecular complexity index is 803. The zero-order valence-electron chi connectivity index (χ0n) is 11.7. The Morgan fingerprint density at radius 3 is 2.81 bits per heavy atom. The van der Waals surface area contributed by atoms with E-state index < -0.39 is 17.1 Å². The number of nitrogens with one attached hydrogen (secondary N) is 1. The summed E-state index contributed by atoms with van der Waals surface area (Å²) in [6, 6.07) is 6.71. The van der Waals surface area contributed by atoms with Crippen LogP contribution in [0.2, 0.25) is 0 Å². The van der Waals surface area contributed by atoms with Crippen molar-refractivity contribution in [2.24, 2.45) is 0 Å². The lowest BCUT2D eigenvalue weighted by atomic mass is 9.99. The molecule has 0 spiro atoms. The molecule has 0 bridgehead atoms. The van der Waals surface area contributed by atoms with Gasteiger partial charge in [-0.3, -0.25) is 4.79 Å². The number of amides is 1. The Morgan fingerprint density at radius 1 is 1.48 bits per heavy atom. The van der Waals surface area contributed by atoms with Gasteiger partial charge in [0, 0.05) is 9.86 Å². The SMILES string of the molecule is C#C[C@](C)(CC)NC(=O)c1cc2cc(Br)ccc2oc1=O. The molecular formula is C16H14BrNO3. The summed E-state index contributed by atoms with van der Waals surface area (Å²) in [4.78, 5) is 24.2. The van der Waals surface area contributed by atoms with Crippen LogP contribution in [-0.2, 0) is 0 Å². The minimum absolute atomic E-state index is 0.0597. The maximum absolute atomic E-state index is 12.2. The molecule has 0 radical (unpaired) electrons. The van der Waals surface area contributed by atoms with E-state index >= 15 is 0 Å².